The molecule has 4 heterocycles. The van der Waals surface area contributed by atoms with Crippen LogP contribution in [0.1, 0.15) is 22.9 Å². The molecule has 1 aliphatic rings. The second kappa shape index (κ2) is 12.0. The number of benzene rings is 8. The molecule has 6 heteroatoms. The van der Waals surface area contributed by atoms with E-state index in [2.05, 4.69) is 139 Å². The molecule has 0 spiro atoms. The number of hydrogen-bond donors (Lipinski definition) is 1. The molecule has 0 bridgehead atoms. The Bertz CT molecular complexity index is 3410. The molecule has 0 aliphatic carbocycles. The van der Waals surface area contributed by atoms with Gasteiger partial charge in [-0.2, -0.15) is 0 Å². The van der Waals surface area contributed by atoms with E-state index < -0.39 is 0 Å². The molecule has 0 saturated heterocycles. The first-order valence-corrected chi connectivity index (χ1v) is 20.1. The normalized spacial score (nSPS) is 14.7. The van der Waals surface area contributed by atoms with Crippen LogP contribution in [0.25, 0.3) is 84.2 Å². The van der Waals surface area contributed by atoms with E-state index >= 15 is 0 Å². The highest BCUT2D eigenvalue weighted by Gasteiger charge is 2.24. The van der Waals surface area contributed by atoms with Crippen molar-refractivity contribution < 1.29 is 4.42 Å². The van der Waals surface area contributed by atoms with Gasteiger partial charge in [-0.3, -0.25) is 0 Å². The number of hydrogen-bond acceptors (Lipinski definition) is 6. The topological polar surface area (TPSA) is 49.9 Å². The van der Waals surface area contributed by atoms with Crippen LogP contribution in [0.3, 0.4) is 0 Å². The summed E-state index contributed by atoms with van der Waals surface area (Å²) < 4.78 is 11.6. The van der Waals surface area contributed by atoms with E-state index in [1.165, 1.54) is 62.2 Å². The molecule has 258 valence electrons. The lowest BCUT2D eigenvalue weighted by atomic mass is 9.96. The molecular weight excluding hydrogens is 711 g/mol. The van der Waals surface area contributed by atoms with Gasteiger partial charge in [-0.1, -0.05) is 133 Å². The first-order chi connectivity index (χ1) is 27.2. The fourth-order valence-electron chi connectivity index (χ4n) is 8.35. The summed E-state index contributed by atoms with van der Waals surface area (Å²) in [5.41, 5.74) is 7.49. The molecule has 1 atom stereocenters. The first-order valence-electron chi connectivity index (χ1n) is 18.4. The molecule has 0 radical (unpaired) electrons. The Hall–Kier alpha value is -6.60. The standard InChI is InChI=1S/C49H29N3OS2/c1-3-13-28(14-4-1)47-50-48(29-15-5-2-6-16-29)52-49(51-47)39-27-38-33-24-23-30(25-42(33)55-45(38)34-19-8-7-17-31(34)39)36-26-37-32-18-9-11-21-40(32)53-44(37)43-35-20-10-12-22-41(35)54-46(36)43/h1-27,47H,(H,50,51,52). The Morgan fingerprint density at radius 1 is 0.491 bits per heavy atom. The number of para-hydroxylation sites is 1. The van der Waals surface area contributed by atoms with E-state index in [1.54, 1.807) is 0 Å². The Kier molecular flexibility index (Phi) is 6.70. The van der Waals surface area contributed by atoms with Crippen molar-refractivity contribution in [2.45, 2.75) is 6.17 Å². The van der Waals surface area contributed by atoms with Gasteiger partial charge in [-0.05, 0) is 46.8 Å². The second-order valence-electron chi connectivity index (χ2n) is 14.1. The largest absolute Gasteiger partial charge is 0.455 e. The zero-order valence-corrected chi connectivity index (χ0v) is 30.9. The van der Waals surface area contributed by atoms with Crippen molar-refractivity contribution in [1.29, 1.82) is 0 Å². The van der Waals surface area contributed by atoms with E-state index in [0.717, 1.165) is 50.3 Å². The monoisotopic (exact) mass is 739 g/mol. The van der Waals surface area contributed by atoms with E-state index in [-0.39, 0.29) is 6.17 Å². The minimum Gasteiger partial charge on any atom is -0.455 e. The molecule has 1 aliphatic heterocycles. The molecule has 55 heavy (non-hydrogen) atoms. The van der Waals surface area contributed by atoms with Gasteiger partial charge in [0.25, 0.3) is 0 Å². The maximum absolute atomic E-state index is 6.59. The molecule has 0 saturated carbocycles. The molecule has 12 rings (SSSR count). The molecule has 3 aromatic heterocycles. The molecule has 8 aromatic carbocycles. The average Bonchev–Trinajstić information content (AvgIpc) is 3.95. The SMILES string of the molecule is c1ccc(C2=NC(c3ccccc3)NC(c3cc4c5ccc(-c6cc7c8ccccc8oc7c7c6sc6ccccc67)cc5sc4c4ccccc34)=N2)cc1. The first kappa shape index (κ1) is 30.8. The van der Waals surface area contributed by atoms with Crippen molar-refractivity contribution in [3.8, 4) is 11.1 Å². The van der Waals surface area contributed by atoms with E-state index in [4.69, 9.17) is 14.4 Å². The lowest BCUT2D eigenvalue weighted by Crippen LogP contribution is -2.33. The van der Waals surface area contributed by atoms with Gasteiger partial charge >= 0.3 is 0 Å². The smallest absolute Gasteiger partial charge is 0.159 e. The number of aliphatic imine (C=N–C) groups is 2. The molecule has 1 N–H and O–H groups in total. The lowest BCUT2D eigenvalue weighted by Gasteiger charge is -2.24. The predicted octanol–water partition coefficient (Wildman–Crippen LogP) is 13.6. The number of thiophene rings is 2. The summed E-state index contributed by atoms with van der Waals surface area (Å²) >= 11 is 3.72. The van der Waals surface area contributed by atoms with Gasteiger partial charge in [-0.15, -0.1) is 22.7 Å². The summed E-state index contributed by atoms with van der Waals surface area (Å²) in [5, 5.41) is 13.3. The summed E-state index contributed by atoms with van der Waals surface area (Å²) in [5.74, 6) is 1.55. The van der Waals surface area contributed by atoms with E-state index in [0.29, 0.717) is 0 Å². The fourth-order valence-corrected chi connectivity index (χ4v) is 10.8. The van der Waals surface area contributed by atoms with Gasteiger partial charge in [0.1, 0.15) is 23.2 Å². The van der Waals surface area contributed by atoms with Crippen LogP contribution in [0.5, 0.6) is 0 Å². The fraction of sp³-hybridized carbons (Fsp3) is 0.0204. The highest BCUT2D eigenvalue weighted by molar-refractivity contribution is 7.27. The van der Waals surface area contributed by atoms with Crippen molar-refractivity contribution in [1.82, 2.24) is 5.32 Å². The summed E-state index contributed by atoms with van der Waals surface area (Å²) in [6.07, 6.45) is -0.268. The van der Waals surface area contributed by atoms with Crippen LogP contribution < -0.4 is 5.32 Å². The maximum atomic E-state index is 6.59. The van der Waals surface area contributed by atoms with E-state index in [1.807, 2.05) is 53.0 Å². The van der Waals surface area contributed by atoms with Crippen LogP contribution in [0, 0.1) is 0 Å². The number of furan rings is 1. The van der Waals surface area contributed by atoms with Gasteiger partial charge in [0, 0.05) is 73.2 Å². The minimum absolute atomic E-state index is 0.268. The molecule has 0 fully saturated rings. The van der Waals surface area contributed by atoms with Crippen LogP contribution in [0.2, 0.25) is 0 Å². The molecule has 4 nitrogen and oxygen atoms in total. The molecule has 1 unspecified atom stereocenters. The zero-order valence-electron chi connectivity index (χ0n) is 29.3. The van der Waals surface area contributed by atoms with Crippen molar-refractivity contribution in [2.75, 3.05) is 0 Å². The number of fused-ring (bicyclic) bond motifs is 12. The second-order valence-corrected chi connectivity index (χ2v) is 16.2. The van der Waals surface area contributed by atoms with Crippen molar-refractivity contribution in [3.05, 3.63) is 180 Å². The third-order valence-electron chi connectivity index (χ3n) is 10.9. The number of rotatable bonds is 4. The van der Waals surface area contributed by atoms with Crippen molar-refractivity contribution in [2.24, 2.45) is 9.98 Å². The van der Waals surface area contributed by atoms with Crippen LogP contribution in [-0.2, 0) is 0 Å². The van der Waals surface area contributed by atoms with Gasteiger partial charge in [-0.25, -0.2) is 9.98 Å². The average molecular weight is 740 g/mol. The maximum Gasteiger partial charge on any atom is 0.159 e. The van der Waals surface area contributed by atoms with Crippen LogP contribution in [0.4, 0.5) is 0 Å². The lowest BCUT2D eigenvalue weighted by molar-refractivity contribution is 0.673. The summed E-state index contributed by atoms with van der Waals surface area (Å²) in [6.45, 7) is 0. The van der Waals surface area contributed by atoms with Crippen LogP contribution in [0.15, 0.2) is 178 Å². The third kappa shape index (κ3) is 4.75. The highest BCUT2D eigenvalue weighted by atomic mass is 32.1. The Morgan fingerprint density at radius 3 is 2.04 bits per heavy atom. The number of nitrogens with one attached hydrogen (secondary N) is 1. The Balaban J connectivity index is 1.07. The molecular formula is C49H29N3OS2. The van der Waals surface area contributed by atoms with Gasteiger partial charge in [0.05, 0.1) is 0 Å². The van der Waals surface area contributed by atoms with Gasteiger partial charge in [0.2, 0.25) is 0 Å². The van der Waals surface area contributed by atoms with E-state index in [9.17, 15) is 0 Å². The summed E-state index contributed by atoms with van der Waals surface area (Å²) in [4.78, 5) is 10.3. The van der Waals surface area contributed by atoms with Crippen LogP contribution >= 0.6 is 22.7 Å². The quantitative estimate of drug-likeness (QED) is 0.195. The zero-order chi connectivity index (χ0) is 36.0. The third-order valence-corrected chi connectivity index (χ3v) is 13.3. The van der Waals surface area contributed by atoms with Crippen molar-refractivity contribution >= 4 is 107 Å². The Morgan fingerprint density at radius 2 is 1.18 bits per heavy atom. The summed E-state index contributed by atoms with van der Waals surface area (Å²) in [6, 6.07) is 58.2. The van der Waals surface area contributed by atoms with Gasteiger partial charge in [0.15, 0.2) is 5.84 Å². The van der Waals surface area contributed by atoms with Gasteiger partial charge < -0.3 is 9.73 Å². The Labute approximate surface area is 323 Å². The minimum atomic E-state index is -0.268. The highest BCUT2D eigenvalue weighted by Crippen LogP contribution is 2.48. The number of nitrogens with zero attached hydrogens (tertiary/aromatic N) is 2. The van der Waals surface area contributed by atoms with Crippen molar-refractivity contribution in [3.63, 3.8) is 0 Å². The summed E-state index contributed by atoms with van der Waals surface area (Å²) in [7, 11) is 0. The molecule has 0 amide bonds. The number of amidine groups is 2. The predicted molar refractivity (Wildman–Crippen MR) is 234 cm³/mol. The molecule has 11 aromatic rings. The van der Waals surface area contributed by atoms with Crippen LogP contribution in [-0.4, -0.2) is 11.7 Å².